The molecular weight excluding hydrogens is 269 g/mol. The van der Waals surface area contributed by atoms with Gasteiger partial charge in [0.05, 0.1) is 19.3 Å². The lowest BCUT2D eigenvalue weighted by molar-refractivity contribution is -0.149. The fourth-order valence-corrected chi connectivity index (χ4v) is 3.01. The molecule has 5 atom stereocenters. The summed E-state index contributed by atoms with van der Waals surface area (Å²) in [5.41, 5.74) is -0.768. The lowest BCUT2D eigenvalue weighted by atomic mass is 9.97. The van der Waals surface area contributed by atoms with Crippen molar-refractivity contribution in [3.63, 3.8) is 0 Å². The molecule has 0 spiro atoms. The molecule has 2 rings (SSSR count). The van der Waals surface area contributed by atoms with Crippen LogP contribution in [0.1, 0.15) is 27.2 Å². The van der Waals surface area contributed by atoms with Crippen molar-refractivity contribution in [2.45, 2.75) is 57.2 Å². The Kier molecular flexibility index (Phi) is 3.66. The van der Waals surface area contributed by atoms with E-state index in [9.17, 15) is 19.1 Å². The Balaban J connectivity index is 2.27. The molecule has 1 heterocycles. The second-order valence-corrected chi connectivity index (χ2v) is 6.26. The molecule has 0 aromatic carbocycles. The van der Waals surface area contributed by atoms with Gasteiger partial charge in [-0.1, -0.05) is 0 Å². The topological polar surface area (TPSA) is 76.1 Å². The molecule has 7 heteroatoms. The fourth-order valence-electron chi connectivity index (χ4n) is 3.01. The van der Waals surface area contributed by atoms with Crippen molar-refractivity contribution >= 4 is 12.1 Å². The third kappa shape index (κ3) is 2.34. The van der Waals surface area contributed by atoms with Crippen molar-refractivity contribution in [2.75, 3.05) is 7.11 Å². The molecule has 6 nitrogen and oxygen atoms in total. The predicted octanol–water partition coefficient (Wildman–Crippen LogP) is 0.866. The van der Waals surface area contributed by atoms with E-state index in [0.717, 1.165) is 4.90 Å². The van der Waals surface area contributed by atoms with E-state index in [4.69, 9.17) is 4.74 Å². The van der Waals surface area contributed by atoms with Crippen molar-refractivity contribution in [3.05, 3.63) is 0 Å². The van der Waals surface area contributed by atoms with Gasteiger partial charge in [0.2, 0.25) is 0 Å². The molecule has 2 fully saturated rings. The van der Waals surface area contributed by atoms with Crippen molar-refractivity contribution in [3.8, 4) is 0 Å². The first-order valence-corrected chi connectivity index (χ1v) is 6.58. The molecule has 1 amide bonds. The highest BCUT2D eigenvalue weighted by molar-refractivity contribution is 5.83. The van der Waals surface area contributed by atoms with Crippen LogP contribution < -0.4 is 0 Å². The van der Waals surface area contributed by atoms with Gasteiger partial charge in [0.1, 0.15) is 17.8 Å². The van der Waals surface area contributed by atoms with E-state index in [-0.39, 0.29) is 6.42 Å². The molecule has 0 unspecified atom stereocenters. The number of aliphatic hydroxyl groups is 1. The minimum absolute atomic E-state index is 0.144. The summed E-state index contributed by atoms with van der Waals surface area (Å²) in [6, 6.07) is -2.07. The second kappa shape index (κ2) is 4.87. The Hall–Kier alpha value is -1.37. The van der Waals surface area contributed by atoms with Gasteiger partial charge in [0, 0.05) is 5.92 Å². The Bertz CT molecular complexity index is 421. The Labute approximate surface area is 116 Å². The van der Waals surface area contributed by atoms with Crippen LogP contribution in [0.25, 0.3) is 0 Å². The molecule has 1 aliphatic carbocycles. The summed E-state index contributed by atoms with van der Waals surface area (Å²) in [6.07, 6.45) is -3.09. The Morgan fingerprint density at radius 2 is 1.95 bits per heavy atom. The molecule has 1 saturated heterocycles. The molecule has 1 N–H and O–H groups in total. The highest BCUT2D eigenvalue weighted by Gasteiger charge is 2.63. The summed E-state index contributed by atoms with van der Waals surface area (Å²) >= 11 is 0. The Morgan fingerprint density at radius 3 is 2.45 bits per heavy atom. The van der Waals surface area contributed by atoms with Crippen molar-refractivity contribution in [1.29, 1.82) is 0 Å². The van der Waals surface area contributed by atoms with Crippen LogP contribution in [-0.2, 0) is 14.3 Å². The zero-order valence-corrected chi connectivity index (χ0v) is 12.0. The number of methoxy groups -OCH3 is 1. The number of piperidine rings is 1. The number of carbonyl (C=O) groups is 2. The molecule has 1 aliphatic heterocycles. The van der Waals surface area contributed by atoms with Gasteiger partial charge in [-0.15, -0.1) is 0 Å². The number of halogens is 1. The molecule has 0 radical (unpaired) electrons. The number of esters is 1. The van der Waals surface area contributed by atoms with Crippen LogP contribution in [0, 0.1) is 5.92 Å². The van der Waals surface area contributed by atoms with Gasteiger partial charge in [-0.3, -0.25) is 4.90 Å². The molecule has 2 aliphatic rings. The summed E-state index contributed by atoms with van der Waals surface area (Å²) in [5.74, 6) is -1.42. The summed E-state index contributed by atoms with van der Waals surface area (Å²) in [5, 5.41) is 9.84. The smallest absolute Gasteiger partial charge is 0.411 e. The number of nitrogens with zero attached hydrogens (tertiary/aromatic N) is 1. The maximum atomic E-state index is 14.2. The second-order valence-electron chi connectivity index (χ2n) is 6.26. The van der Waals surface area contributed by atoms with Crippen LogP contribution in [0.15, 0.2) is 0 Å². The third-order valence-electron chi connectivity index (χ3n) is 3.72. The number of rotatable bonds is 1. The summed E-state index contributed by atoms with van der Waals surface area (Å²) in [4.78, 5) is 25.0. The predicted molar refractivity (Wildman–Crippen MR) is 66.7 cm³/mol. The maximum absolute atomic E-state index is 14.2. The highest BCUT2D eigenvalue weighted by Crippen LogP contribution is 2.45. The lowest BCUT2D eigenvalue weighted by Crippen LogP contribution is -2.55. The lowest BCUT2D eigenvalue weighted by Gasteiger charge is -2.36. The average molecular weight is 289 g/mol. The fraction of sp³-hybridized carbons (Fsp3) is 0.846. The van der Waals surface area contributed by atoms with E-state index < -0.39 is 47.9 Å². The number of carbonyl (C=O) groups excluding carboxylic acids is 2. The minimum Gasteiger partial charge on any atom is -0.467 e. The van der Waals surface area contributed by atoms with Crippen molar-refractivity contribution < 1.29 is 28.6 Å². The summed E-state index contributed by atoms with van der Waals surface area (Å²) in [6.45, 7) is 5.03. The monoisotopic (exact) mass is 289 g/mol. The largest absolute Gasteiger partial charge is 0.467 e. The summed E-state index contributed by atoms with van der Waals surface area (Å²) < 4.78 is 24.0. The van der Waals surface area contributed by atoms with Crippen LogP contribution in [0.5, 0.6) is 0 Å². The molecule has 114 valence electrons. The quantitative estimate of drug-likeness (QED) is 0.725. The minimum atomic E-state index is -1.44. The molecule has 0 aromatic heterocycles. The highest BCUT2D eigenvalue weighted by atomic mass is 19.1. The Morgan fingerprint density at radius 1 is 1.35 bits per heavy atom. The SMILES string of the molecule is COC(=O)[C@@H]1[C@@H]2C[C@@H](O)[C@@H]([C@@H]2F)N1C(=O)OC(C)(C)C. The number of amides is 1. The first-order chi connectivity index (χ1) is 9.17. The first kappa shape index (κ1) is 15.0. The zero-order chi connectivity index (χ0) is 15.2. The average Bonchev–Trinajstić information content (AvgIpc) is 2.75. The van der Waals surface area contributed by atoms with E-state index in [1.165, 1.54) is 7.11 Å². The number of ether oxygens (including phenoxy) is 2. The number of aliphatic hydroxyl groups excluding tert-OH is 1. The normalized spacial score (nSPS) is 36.1. The van der Waals surface area contributed by atoms with E-state index in [2.05, 4.69) is 4.74 Å². The maximum Gasteiger partial charge on any atom is 0.411 e. The van der Waals surface area contributed by atoms with Crippen molar-refractivity contribution in [2.24, 2.45) is 5.92 Å². The first-order valence-electron chi connectivity index (χ1n) is 6.58. The van der Waals surface area contributed by atoms with Gasteiger partial charge in [0.15, 0.2) is 0 Å². The van der Waals surface area contributed by atoms with Crippen LogP contribution in [0.2, 0.25) is 0 Å². The van der Waals surface area contributed by atoms with E-state index in [1.807, 2.05) is 0 Å². The van der Waals surface area contributed by atoms with Gasteiger partial charge >= 0.3 is 12.1 Å². The number of hydrogen-bond donors (Lipinski definition) is 1. The van der Waals surface area contributed by atoms with Gasteiger partial charge in [-0.25, -0.2) is 14.0 Å². The van der Waals surface area contributed by atoms with Crippen LogP contribution in [0.4, 0.5) is 9.18 Å². The van der Waals surface area contributed by atoms with E-state index in [1.54, 1.807) is 20.8 Å². The number of hydrogen-bond acceptors (Lipinski definition) is 5. The molecule has 0 aromatic rings. The van der Waals surface area contributed by atoms with Crippen LogP contribution in [0.3, 0.4) is 0 Å². The standard InChI is InChI=1S/C13H20FNO5/c1-13(2,3)20-12(18)15-9(11(17)19-4)6-5-7(16)10(15)8(6)14/h6-10,16H,5H2,1-4H3/t6-,7-,8-,9+,10+/m1/s1. The van der Waals surface area contributed by atoms with Gasteiger partial charge in [-0.2, -0.15) is 0 Å². The number of likely N-dealkylation sites (tertiary alicyclic amines) is 1. The van der Waals surface area contributed by atoms with Gasteiger partial charge in [0.25, 0.3) is 0 Å². The molecule has 1 saturated carbocycles. The molecule has 20 heavy (non-hydrogen) atoms. The van der Waals surface area contributed by atoms with Gasteiger partial charge < -0.3 is 14.6 Å². The number of alkyl halides is 1. The van der Waals surface area contributed by atoms with Crippen LogP contribution >= 0.6 is 0 Å². The van der Waals surface area contributed by atoms with Gasteiger partial charge in [-0.05, 0) is 27.2 Å². The van der Waals surface area contributed by atoms with Crippen molar-refractivity contribution in [1.82, 2.24) is 4.90 Å². The molecule has 2 bridgehead atoms. The van der Waals surface area contributed by atoms with Crippen LogP contribution in [-0.4, -0.2) is 59.1 Å². The number of fused-ring (bicyclic) bond motifs is 2. The third-order valence-corrected chi connectivity index (χ3v) is 3.72. The summed E-state index contributed by atoms with van der Waals surface area (Å²) in [7, 11) is 1.19. The molecular formula is C13H20FNO5. The van der Waals surface area contributed by atoms with E-state index in [0.29, 0.717) is 0 Å². The zero-order valence-electron chi connectivity index (χ0n) is 12.0. The van der Waals surface area contributed by atoms with E-state index >= 15 is 0 Å².